The van der Waals surface area contributed by atoms with Crippen LogP contribution in [0.3, 0.4) is 0 Å². The number of hydrogen-bond donors (Lipinski definition) is 2. The number of fused-ring (bicyclic) bond motifs is 3. The lowest BCUT2D eigenvalue weighted by molar-refractivity contribution is -0.153. The minimum absolute atomic E-state index is 0.178. The molecule has 0 spiro atoms. The van der Waals surface area contributed by atoms with E-state index in [2.05, 4.69) is 0 Å². The zero-order valence-electron chi connectivity index (χ0n) is 20.8. The number of nitrogens with zero attached hydrogens (tertiary/aromatic N) is 1. The van der Waals surface area contributed by atoms with Gasteiger partial charge in [0.05, 0.1) is 27.4 Å². The predicted molar refractivity (Wildman–Crippen MR) is 130 cm³/mol. The highest BCUT2D eigenvalue weighted by molar-refractivity contribution is 5.96. The summed E-state index contributed by atoms with van der Waals surface area (Å²) in [5.41, 5.74) is 2.80. The van der Waals surface area contributed by atoms with Crippen molar-refractivity contribution in [2.75, 3.05) is 21.3 Å². The molecule has 0 aromatic heterocycles. The van der Waals surface area contributed by atoms with E-state index in [0.717, 1.165) is 11.1 Å². The molecule has 0 radical (unpaired) electrons. The molecule has 3 atom stereocenters. The van der Waals surface area contributed by atoms with Gasteiger partial charge in [-0.3, -0.25) is 4.79 Å². The van der Waals surface area contributed by atoms with Crippen molar-refractivity contribution < 1.29 is 34.0 Å². The van der Waals surface area contributed by atoms with Gasteiger partial charge in [-0.15, -0.1) is 0 Å². The van der Waals surface area contributed by atoms with Crippen molar-refractivity contribution in [3.05, 3.63) is 58.3 Å². The monoisotopic (exact) mass is 481 g/mol. The third kappa shape index (κ3) is 3.50. The SMILES string of the molecule is CCC1(C(=O)O)C(c2cc(C)c(O)c(C)c2)=CN2C(C(=O)OC)Cc3cc(OC)c(OC)cc3C21. The molecule has 2 heterocycles. The van der Waals surface area contributed by atoms with E-state index in [1.165, 1.54) is 21.3 Å². The normalized spacial score (nSPS) is 22.7. The van der Waals surface area contributed by atoms with Gasteiger partial charge < -0.3 is 29.3 Å². The van der Waals surface area contributed by atoms with Crippen LogP contribution in [0.25, 0.3) is 5.57 Å². The number of carbonyl (C=O) groups is 2. The number of benzene rings is 2. The average molecular weight is 482 g/mol. The molecule has 0 bridgehead atoms. The molecule has 0 amide bonds. The number of phenols is 1. The standard InChI is InChI=1S/C27H31NO7/c1-7-27(26(31)32)19(17-8-14(2)23(29)15(3)9-17)13-28-20(25(30)35-6)10-16-11-21(33-4)22(34-5)12-18(16)24(27)28/h8-9,11-13,20,24,29H,7,10H2,1-6H3,(H,31,32). The molecule has 8 nitrogen and oxygen atoms in total. The van der Waals surface area contributed by atoms with Crippen molar-refractivity contribution in [1.29, 1.82) is 0 Å². The predicted octanol–water partition coefficient (Wildman–Crippen LogP) is 4.00. The van der Waals surface area contributed by atoms with E-state index in [4.69, 9.17) is 14.2 Å². The smallest absolute Gasteiger partial charge is 0.328 e. The number of methoxy groups -OCH3 is 3. The summed E-state index contributed by atoms with van der Waals surface area (Å²) in [6.07, 6.45) is 2.39. The number of carboxylic acid groups (broad SMARTS) is 1. The van der Waals surface area contributed by atoms with E-state index in [1.54, 1.807) is 32.2 Å². The first-order valence-corrected chi connectivity index (χ1v) is 11.5. The number of carbonyl (C=O) groups excluding carboxylic acids is 1. The van der Waals surface area contributed by atoms with Crippen molar-refractivity contribution >= 4 is 17.5 Å². The Balaban J connectivity index is 2.04. The number of esters is 1. The number of aliphatic carboxylic acids is 1. The number of ether oxygens (including phenoxy) is 3. The summed E-state index contributed by atoms with van der Waals surface area (Å²) in [4.78, 5) is 27.9. The van der Waals surface area contributed by atoms with Gasteiger partial charge in [0.25, 0.3) is 0 Å². The van der Waals surface area contributed by atoms with Crippen LogP contribution in [0.2, 0.25) is 0 Å². The first-order chi connectivity index (χ1) is 16.6. The van der Waals surface area contributed by atoms with Crippen molar-refractivity contribution in [2.45, 2.75) is 45.7 Å². The molecule has 2 N–H and O–H groups in total. The molecular formula is C27H31NO7. The average Bonchev–Trinajstić information content (AvgIpc) is 3.21. The molecule has 2 aliphatic rings. The van der Waals surface area contributed by atoms with Gasteiger partial charge in [-0.1, -0.05) is 6.92 Å². The van der Waals surface area contributed by atoms with Gasteiger partial charge in [-0.05, 0) is 77.9 Å². The van der Waals surface area contributed by atoms with Crippen molar-refractivity contribution in [1.82, 2.24) is 4.90 Å². The van der Waals surface area contributed by atoms with Crippen LogP contribution in [0.1, 0.15) is 47.2 Å². The van der Waals surface area contributed by atoms with Crippen LogP contribution in [0.4, 0.5) is 0 Å². The minimum atomic E-state index is -1.36. The van der Waals surface area contributed by atoms with Gasteiger partial charge in [0, 0.05) is 12.6 Å². The quantitative estimate of drug-likeness (QED) is 0.597. The van der Waals surface area contributed by atoms with Crippen LogP contribution in [-0.4, -0.2) is 54.4 Å². The molecule has 2 aromatic carbocycles. The molecule has 0 saturated carbocycles. The first kappa shape index (κ1) is 24.4. The van der Waals surface area contributed by atoms with Gasteiger partial charge in [-0.25, -0.2) is 4.79 Å². The molecular weight excluding hydrogens is 450 g/mol. The zero-order chi connectivity index (χ0) is 25.7. The van der Waals surface area contributed by atoms with E-state index in [-0.39, 0.29) is 12.2 Å². The molecule has 2 aromatic rings. The number of rotatable bonds is 6. The van der Waals surface area contributed by atoms with Crippen LogP contribution in [-0.2, 0) is 20.7 Å². The van der Waals surface area contributed by atoms with Crippen LogP contribution in [0, 0.1) is 19.3 Å². The lowest BCUT2D eigenvalue weighted by Gasteiger charge is -2.44. The summed E-state index contributed by atoms with van der Waals surface area (Å²) in [7, 11) is 4.40. The molecule has 35 heavy (non-hydrogen) atoms. The summed E-state index contributed by atoms with van der Waals surface area (Å²) in [5.74, 6) is -0.258. The molecule has 3 unspecified atom stereocenters. The van der Waals surface area contributed by atoms with E-state index < -0.39 is 29.4 Å². The Morgan fingerprint density at radius 3 is 2.17 bits per heavy atom. The van der Waals surface area contributed by atoms with Gasteiger partial charge >= 0.3 is 11.9 Å². The topological polar surface area (TPSA) is 106 Å². The highest BCUT2D eigenvalue weighted by Crippen LogP contribution is 2.60. The summed E-state index contributed by atoms with van der Waals surface area (Å²) >= 11 is 0. The Bertz CT molecular complexity index is 1210. The highest BCUT2D eigenvalue weighted by atomic mass is 16.5. The first-order valence-electron chi connectivity index (χ1n) is 11.5. The summed E-state index contributed by atoms with van der Waals surface area (Å²) in [6, 6.07) is 5.83. The van der Waals surface area contributed by atoms with Crippen LogP contribution in [0.15, 0.2) is 30.5 Å². The fourth-order valence-corrected chi connectivity index (χ4v) is 5.67. The Labute approximate surface area is 204 Å². The largest absolute Gasteiger partial charge is 0.507 e. The van der Waals surface area contributed by atoms with Gasteiger partial charge in [0.1, 0.15) is 17.2 Å². The molecule has 8 heteroatoms. The fourth-order valence-electron chi connectivity index (χ4n) is 5.67. The third-order valence-corrected chi connectivity index (χ3v) is 7.45. The maximum absolute atomic E-state index is 13.2. The second-order valence-electron chi connectivity index (χ2n) is 9.13. The second kappa shape index (κ2) is 8.83. The van der Waals surface area contributed by atoms with E-state index >= 15 is 0 Å². The number of phenolic OH excluding ortho intramolecular Hbond substituents is 1. The molecule has 4 rings (SSSR count). The maximum Gasteiger partial charge on any atom is 0.328 e. The fraction of sp³-hybridized carbons (Fsp3) is 0.407. The molecule has 0 saturated heterocycles. The summed E-state index contributed by atoms with van der Waals surface area (Å²) < 4.78 is 16.1. The van der Waals surface area contributed by atoms with Gasteiger partial charge in [-0.2, -0.15) is 0 Å². The number of aryl methyl sites for hydroxylation is 2. The van der Waals surface area contributed by atoms with Gasteiger partial charge in [0.2, 0.25) is 0 Å². The molecule has 0 aliphatic carbocycles. The molecule has 0 fully saturated rings. The number of carboxylic acids is 1. The maximum atomic E-state index is 13.2. The number of hydrogen-bond acceptors (Lipinski definition) is 7. The van der Waals surface area contributed by atoms with Crippen molar-refractivity contribution in [2.24, 2.45) is 5.41 Å². The van der Waals surface area contributed by atoms with Crippen LogP contribution < -0.4 is 9.47 Å². The lowest BCUT2D eigenvalue weighted by Crippen LogP contribution is -2.50. The van der Waals surface area contributed by atoms with Crippen molar-refractivity contribution in [3.63, 3.8) is 0 Å². The van der Waals surface area contributed by atoms with E-state index in [0.29, 0.717) is 40.2 Å². The van der Waals surface area contributed by atoms with E-state index in [1.807, 2.05) is 24.0 Å². The number of aromatic hydroxyl groups is 1. The van der Waals surface area contributed by atoms with E-state index in [9.17, 15) is 19.8 Å². The Morgan fingerprint density at radius 2 is 1.66 bits per heavy atom. The highest BCUT2D eigenvalue weighted by Gasteiger charge is 2.59. The van der Waals surface area contributed by atoms with Crippen LogP contribution in [0.5, 0.6) is 17.2 Å². The Morgan fingerprint density at radius 1 is 1.06 bits per heavy atom. The molecule has 2 aliphatic heterocycles. The summed E-state index contributed by atoms with van der Waals surface area (Å²) in [5, 5.41) is 21.1. The summed E-state index contributed by atoms with van der Waals surface area (Å²) in [6.45, 7) is 5.41. The Hall–Kier alpha value is -3.68. The third-order valence-electron chi connectivity index (χ3n) is 7.45. The Kier molecular flexibility index (Phi) is 6.17. The second-order valence-corrected chi connectivity index (χ2v) is 9.13. The molecule has 186 valence electrons. The lowest BCUT2D eigenvalue weighted by atomic mass is 9.67. The minimum Gasteiger partial charge on any atom is -0.507 e. The van der Waals surface area contributed by atoms with Crippen molar-refractivity contribution in [3.8, 4) is 17.2 Å². The zero-order valence-corrected chi connectivity index (χ0v) is 20.8. The van der Waals surface area contributed by atoms with Gasteiger partial charge in [0.15, 0.2) is 11.5 Å². The van der Waals surface area contributed by atoms with Crippen LogP contribution >= 0.6 is 0 Å².